The summed E-state index contributed by atoms with van der Waals surface area (Å²) in [5, 5.41) is 3.78. The van der Waals surface area contributed by atoms with Gasteiger partial charge >= 0.3 is 6.01 Å². The number of hydrogen-bond acceptors (Lipinski definition) is 6. The van der Waals surface area contributed by atoms with Gasteiger partial charge in [0.05, 0.1) is 17.1 Å². The van der Waals surface area contributed by atoms with Gasteiger partial charge in [0, 0.05) is 68.2 Å². The van der Waals surface area contributed by atoms with Gasteiger partial charge in [0.1, 0.15) is 0 Å². The number of benzene rings is 2. The van der Waals surface area contributed by atoms with Crippen molar-refractivity contribution in [2.24, 2.45) is 7.05 Å². The molecule has 4 aromatic rings. The van der Waals surface area contributed by atoms with Crippen LogP contribution in [0.1, 0.15) is 0 Å². The molecular weight excluding hydrogens is 459 g/mol. The van der Waals surface area contributed by atoms with Crippen LogP contribution in [0.3, 0.4) is 0 Å². The Balaban J connectivity index is 1.67. The second-order valence-corrected chi connectivity index (χ2v) is 8.72. The van der Waals surface area contributed by atoms with Crippen molar-refractivity contribution >= 4 is 28.2 Å². The second kappa shape index (κ2) is 10.6. The predicted octanol–water partition coefficient (Wildman–Crippen LogP) is 4.69. The van der Waals surface area contributed by atoms with Crippen molar-refractivity contribution in [1.29, 1.82) is 0 Å². The first-order chi connectivity index (χ1) is 17.3. The first-order valence-electron chi connectivity index (χ1n) is 11.4. The van der Waals surface area contributed by atoms with E-state index in [0.717, 1.165) is 29.1 Å². The van der Waals surface area contributed by atoms with Crippen molar-refractivity contribution in [3.63, 3.8) is 0 Å². The van der Waals surface area contributed by atoms with Crippen molar-refractivity contribution in [1.82, 2.24) is 19.4 Å². The molecule has 0 saturated carbocycles. The van der Waals surface area contributed by atoms with E-state index in [0.29, 0.717) is 23.6 Å². The Morgan fingerprint density at radius 2 is 1.97 bits per heavy atom. The predicted molar refractivity (Wildman–Crippen MR) is 141 cm³/mol. The molecule has 0 atom stereocenters. The fourth-order valence-corrected chi connectivity index (χ4v) is 3.88. The minimum absolute atomic E-state index is 0.00552. The number of fused-ring (bicyclic) bond motifs is 1. The summed E-state index contributed by atoms with van der Waals surface area (Å²) >= 11 is 0. The molecule has 1 N–H and O–H groups in total. The van der Waals surface area contributed by atoms with Crippen molar-refractivity contribution in [3.05, 3.63) is 73.3 Å². The smallest absolute Gasteiger partial charge is 0.322 e. The Bertz CT molecular complexity index is 1410. The number of hydrogen-bond donors (Lipinski definition) is 1. The van der Waals surface area contributed by atoms with Crippen molar-refractivity contribution in [2.45, 2.75) is 0 Å². The number of para-hydroxylation sites is 1. The number of aryl methyl sites for hydroxylation is 1. The monoisotopic (exact) mass is 488 g/mol. The standard InChI is InChI=1S/C27H29FN6O2/c1-6-26(35)30-22-16-25(20(28)15-24(22)33(4)14-13-32(2)3)36-27-29-12-11-21(31-27)19-17-34(5)23-10-8-7-9-18(19)23/h6-12,15-17H,1,13-14H2,2-5H3,(H,30,35). The normalized spacial score (nSPS) is 11.1. The molecule has 2 aromatic carbocycles. The van der Waals surface area contributed by atoms with Crippen LogP contribution in [0.25, 0.3) is 22.2 Å². The molecule has 0 unspecified atom stereocenters. The molecule has 36 heavy (non-hydrogen) atoms. The van der Waals surface area contributed by atoms with Gasteiger partial charge in [-0.05, 0) is 32.3 Å². The minimum Gasteiger partial charge on any atom is -0.421 e. The fraction of sp³-hybridized carbons (Fsp3) is 0.222. The fourth-order valence-electron chi connectivity index (χ4n) is 3.88. The number of nitrogens with zero attached hydrogens (tertiary/aromatic N) is 5. The van der Waals surface area contributed by atoms with Crippen LogP contribution in [0.2, 0.25) is 0 Å². The molecule has 0 aliphatic carbocycles. The molecule has 0 radical (unpaired) electrons. The zero-order chi connectivity index (χ0) is 25.8. The van der Waals surface area contributed by atoms with Crippen LogP contribution in [0, 0.1) is 5.82 Å². The summed E-state index contributed by atoms with van der Waals surface area (Å²) in [5.74, 6) is -1.12. The van der Waals surface area contributed by atoms with Crippen molar-refractivity contribution < 1.29 is 13.9 Å². The van der Waals surface area contributed by atoms with Gasteiger partial charge in [-0.2, -0.15) is 4.98 Å². The molecule has 0 fully saturated rings. The van der Waals surface area contributed by atoms with Crippen LogP contribution in [-0.2, 0) is 11.8 Å². The zero-order valence-electron chi connectivity index (χ0n) is 20.8. The second-order valence-electron chi connectivity index (χ2n) is 8.72. The van der Waals surface area contributed by atoms with Gasteiger partial charge in [-0.15, -0.1) is 0 Å². The highest BCUT2D eigenvalue weighted by Gasteiger charge is 2.18. The highest BCUT2D eigenvalue weighted by atomic mass is 19.1. The summed E-state index contributed by atoms with van der Waals surface area (Å²) in [7, 11) is 7.71. The molecule has 1 amide bonds. The number of amides is 1. The molecule has 9 heteroatoms. The summed E-state index contributed by atoms with van der Waals surface area (Å²) < 4.78 is 23.0. The Kier molecular flexibility index (Phi) is 7.30. The lowest BCUT2D eigenvalue weighted by atomic mass is 10.1. The van der Waals surface area contributed by atoms with E-state index in [1.54, 1.807) is 12.3 Å². The Hall–Kier alpha value is -4.24. The number of aromatic nitrogens is 3. The van der Waals surface area contributed by atoms with Gasteiger partial charge in [0.15, 0.2) is 11.6 Å². The van der Waals surface area contributed by atoms with Gasteiger partial charge in [-0.1, -0.05) is 24.8 Å². The largest absolute Gasteiger partial charge is 0.421 e. The summed E-state index contributed by atoms with van der Waals surface area (Å²) in [4.78, 5) is 24.7. The lowest BCUT2D eigenvalue weighted by Crippen LogP contribution is -2.29. The van der Waals surface area contributed by atoms with Crippen LogP contribution in [0.15, 0.2) is 67.5 Å². The van der Waals surface area contributed by atoms with Crippen molar-refractivity contribution in [2.75, 3.05) is 44.4 Å². The molecule has 0 aliphatic heterocycles. The molecule has 8 nitrogen and oxygen atoms in total. The van der Waals surface area contributed by atoms with Crippen molar-refractivity contribution in [3.8, 4) is 23.0 Å². The third-order valence-electron chi connectivity index (χ3n) is 5.79. The van der Waals surface area contributed by atoms with E-state index in [1.807, 2.05) is 73.0 Å². The maximum absolute atomic E-state index is 15.2. The number of halogens is 1. The SMILES string of the molecule is C=CC(=O)Nc1cc(Oc2nccc(-c3cn(C)c4ccccc34)n2)c(F)cc1N(C)CCN(C)C. The molecule has 4 rings (SSSR count). The first-order valence-corrected chi connectivity index (χ1v) is 11.4. The number of rotatable bonds is 9. The number of nitrogens with one attached hydrogen (secondary N) is 1. The van der Waals surface area contributed by atoms with Gasteiger partial charge in [0.25, 0.3) is 0 Å². The highest BCUT2D eigenvalue weighted by molar-refractivity contribution is 6.01. The van der Waals surface area contributed by atoms with Crippen LogP contribution < -0.4 is 15.0 Å². The number of carbonyl (C=O) groups excluding carboxylic acids is 1. The van der Waals surface area contributed by atoms with Crippen LogP contribution in [-0.4, -0.2) is 59.6 Å². The van der Waals surface area contributed by atoms with Gasteiger partial charge in [-0.25, -0.2) is 9.37 Å². The Labute approximate surface area is 209 Å². The van der Waals surface area contributed by atoms with E-state index in [1.165, 1.54) is 12.1 Å². The zero-order valence-corrected chi connectivity index (χ0v) is 20.8. The maximum Gasteiger partial charge on any atom is 0.322 e. The summed E-state index contributed by atoms with van der Waals surface area (Å²) in [6.45, 7) is 4.88. The highest BCUT2D eigenvalue weighted by Crippen LogP contribution is 2.35. The van der Waals surface area contributed by atoms with E-state index >= 15 is 4.39 Å². The van der Waals surface area contributed by atoms with Crippen LogP contribution >= 0.6 is 0 Å². The number of anilines is 2. The number of carbonyl (C=O) groups is 1. The molecule has 0 saturated heterocycles. The van der Waals surface area contributed by atoms with Crippen LogP contribution in [0.4, 0.5) is 15.8 Å². The summed E-state index contributed by atoms with van der Waals surface area (Å²) in [5.41, 5.74) is 3.54. The maximum atomic E-state index is 15.2. The third-order valence-corrected chi connectivity index (χ3v) is 5.79. The molecule has 0 aliphatic rings. The molecular formula is C27H29FN6O2. The Morgan fingerprint density at radius 3 is 2.72 bits per heavy atom. The van der Waals surface area contributed by atoms with Gasteiger partial charge in [0.2, 0.25) is 5.91 Å². The third kappa shape index (κ3) is 5.36. The molecule has 2 aromatic heterocycles. The van der Waals surface area contributed by atoms with E-state index in [9.17, 15) is 4.79 Å². The van der Waals surface area contributed by atoms with E-state index < -0.39 is 11.7 Å². The van der Waals surface area contributed by atoms with Gasteiger partial charge < -0.3 is 24.4 Å². The first kappa shape index (κ1) is 24.9. The lowest BCUT2D eigenvalue weighted by molar-refractivity contribution is -0.111. The van der Waals surface area contributed by atoms with E-state index in [-0.39, 0.29) is 11.8 Å². The number of ether oxygens (including phenoxy) is 1. The number of likely N-dealkylation sites (N-methyl/N-ethyl adjacent to an activating group) is 2. The molecule has 0 spiro atoms. The minimum atomic E-state index is -0.600. The summed E-state index contributed by atoms with van der Waals surface area (Å²) in [6.07, 6.45) is 4.71. The summed E-state index contributed by atoms with van der Waals surface area (Å²) in [6, 6.07) is 12.5. The van der Waals surface area contributed by atoms with Crippen LogP contribution in [0.5, 0.6) is 11.8 Å². The average Bonchev–Trinajstić information content (AvgIpc) is 3.21. The average molecular weight is 489 g/mol. The molecule has 0 bridgehead atoms. The van der Waals surface area contributed by atoms with Gasteiger partial charge in [-0.3, -0.25) is 4.79 Å². The quantitative estimate of drug-likeness (QED) is 0.345. The lowest BCUT2D eigenvalue weighted by Gasteiger charge is -2.24. The molecule has 186 valence electrons. The topological polar surface area (TPSA) is 75.5 Å². The molecule has 2 heterocycles. The Morgan fingerprint density at radius 1 is 1.19 bits per heavy atom. The van der Waals surface area contributed by atoms with E-state index in [2.05, 4.69) is 21.9 Å². The van der Waals surface area contributed by atoms with E-state index in [4.69, 9.17) is 4.74 Å².